The third-order valence-corrected chi connectivity index (χ3v) is 4.65. The largest absolute Gasteiger partial charge is 0.329 e. The summed E-state index contributed by atoms with van der Waals surface area (Å²) < 4.78 is 29.0. The second-order valence-corrected chi connectivity index (χ2v) is 6.18. The molecule has 25 heavy (non-hydrogen) atoms. The summed E-state index contributed by atoms with van der Waals surface area (Å²) >= 11 is 0. The minimum absolute atomic E-state index is 0.165. The zero-order valence-corrected chi connectivity index (χ0v) is 14.2. The highest BCUT2D eigenvalue weighted by atomic mass is 19.1. The van der Waals surface area contributed by atoms with Crippen molar-refractivity contribution in [1.29, 1.82) is 0 Å². The standard InChI is InChI=1S/C17H20F2N4O2/c1-3-10(4-6-18)11-9-14-12(8-13(11)19)16(21-22(14)2)23-7-5-15(24)20-17(23)25/h8-10H,3-7H2,1-2H3,(H,20,24,25). The van der Waals surface area contributed by atoms with Gasteiger partial charge in [0.1, 0.15) is 5.82 Å². The maximum atomic E-state index is 14.7. The van der Waals surface area contributed by atoms with Crippen molar-refractivity contribution in [3.63, 3.8) is 0 Å². The van der Waals surface area contributed by atoms with E-state index in [1.54, 1.807) is 17.8 Å². The predicted molar refractivity (Wildman–Crippen MR) is 89.8 cm³/mol. The molecule has 6 nitrogen and oxygen atoms in total. The van der Waals surface area contributed by atoms with Crippen molar-refractivity contribution < 1.29 is 18.4 Å². The van der Waals surface area contributed by atoms with E-state index in [0.717, 1.165) is 0 Å². The third kappa shape index (κ3) is 3.08. The Morgan fingerprint density at radius 1 is 1.36 bits per heavy atom. The van der Waals surface area contributed by atoms with Crippen LogP contribution < -0.4 is 10.2 Å². The molecule has 1 N–H and O–H groups in total. The Hall–Kier alpha value is -2.51. The Bertz CT molecular complexity index is 834. The number of urea groups is 1. The second-order valence-electron chi connectivity index (χ2n) is 6.18. The van der Waals surface area contributed by atoms with E-state index in [1.807, 2.05) is 6.92 Å². The maximum Gasteiger partial charge on any atom is 0.329 e. The average Bonchev–Trinajstić information content (AvgIpc) is 2.88. The molecule has 8 heteroatoms. The Kier molecular flexibility index (Phi) is 4.69. The molecule has 0 bridgehead atoms. The number of carbonyl (C=O) groups excluding carboxylic acids is 2. The zero-order valence-electron chi connectivity index (χ0n) is 14.2. The molecular formula is C17H20F2N4O2. The molecule has 0 spiro atoms. The van der Waals surface area contributed by atoms with Crippen LogP contribution in [0.25, 0.3) is 10.9 Å². The fourth-order valence-corrected chi connectivity index (χ4v) is 3.26. The van der Waals surface area contributed by atoms with E-state index < -0.39 is 18.5 Å². The molecule has 1 aliphatic heterocycles. The van der Waals surface area contributed by atoms with E-state index in [2.05, 4.69) is 10.4 Å². The molecule has 2 aromatic rings. The number of imide groups is 1. The van der Waals surface area contributed by atoms with Gasteiger partial charge < -0.3 is 0 Å². The van der Waals surface area contributed by atoms with Gasteiger partial charge in [-0.25, -0.2) is 9.18 Å². The van der Waals surface area contributed by atoms with Gasteiger partial charge in [-0.2, -0.15) is 5.10 Å². The molecule has 1 saturated heterocycles. The molecule has 1 atom stereocenters. The van der Waals surface area contributed by atoms with Gasteiger partial charge in [-0.3, -0.25) is 24.1 Å². The molecule has 0 saturated carbocycles. The number of hydrogen-bond acceptors (Lipinski definition) is 3. The Balaban J connectivity index is 2.07. The van der Waals surface area contributed by atoms with Gasteiger partial charge in [0, 0.05) is 25.4 Å². The van der Waals surface area contributed by atoms with Crippen LogP contribution in [-0.2, 0) is 11.8 Å². The first-order valence-corrected chi connectivity index (χ1v) is 8.29. The van der Waals surface area contributed by atoms with Crippen LogP contribution in [0, 0.1) is 5.82 Å². The van der Waals surface area contributed by atoms with Crippen LogP contribution in [-0.4, -0.2) is 34.9 Å². The number of nitrogens with one attached hydrogen (secondary N) is 1. The summed E-state index contributed by atoms with van der Waals surface area (Å²) in [5, 5.41) is 7.06. The molecule has 0 aliphatic carbocycles. The molecule has 3 rings (SSSR count). The van der Waals surface area contributed by atoms with Crippen molar-refractivity contribution in [3.8, 4) is 0 Å². The number of rotatable bonds is 5. The van der Waals surface area contributed by atoms with Crippen molar-refractivity contribution >= 4 is 28.7 Å². The van der Waals surface area contributed by atoms with Crippen molar-refractivity contribution in [1.82, 2.24) is 15.1 Å². The molecule has 3 amide bonds. The summed E-state index contributed by atoms with van der Waals surface area (Å²) in [4.78, 5) is 24.7. The van der Waals surface area contributed by atoms with Gasteiger partial charge >= 0.3 is 6.03 Å². The van der Waals surface area contributed by atoms with Gasteiger partial charge in [0.05, 0.1) is 12.2 Å². The molecule has 1 unspecified atom stereocenters. The summed E-state index contributed by atoms with van der Waals surface area (Å²) in [7, 11) is 1.70. The Morgan fingerprint density at radius 3 is 2.76 bits per heavy atom. The molecule has 0 radical (unpaired) electrons. The van der Waals surface area contributed by atoms with Gasteiger partial charge in [-0.1, -0.05) is 6.92 Å². The number of carbonyl (C=O) groups is 2. The molecule has 134 valence electrons. The normalized spacial score (nSPS) is 16.4. The summed E-state index contributed by atoms with van der Waals surface area (Å²) in [6.07, 6.45) is 1.06. The number of fused-ring (bicyclic) bond motifs is 1. The average molecular weight is 350 g/mol. The number of hydrogen-bond donors (Lipinski definition) is 1. The molecule has 1 fully saturated rings. The summed E-state index contributed by atoms with van der Waals surface area (Å²) in [6, 6.07) is 2.46. The fraction of sp³-hybridized carbons (Fsp3) is 0.471. The number of aromatic nitrogens is 2. The van der Waals surface area contributed by atoms with Gasteiger partial charge in [-0.05, 0) is 36.5 Å². The molecular weight excluding hydrogens is 330 g/mol. The van der Waals surface area contributed by atoms with E-state index in [-0.39, 0.29) is 31.2 Å². The van der Waals surface area contributed by atoms with Crippen LogP contribution in [0.2, 0.25) is 0 Å². The monoisotopic (exact) mass is 350 g/mol. The number of alkyl halides is 1. The van der Waals surface area contributed by atoms with Crippen LogP contribution in [0.4, 0.5) is 19.4 Å². The molecule has 1 aromatic heterocycles. The first kappa shape index (κ1) is 17.3. The smallest absolute Gasteiger partial charge is 0.278 e. The van der Waals surface area contributed by atoms with Gasteiger partial charge in [0.25, 0.3) is 0 Å². The third-order valence-electron chi connectivity index (χ3n) is 4.65. The van der Waals surface area contributed by atoms with Crippen LogP contribution in [0.15, 0.2) is 12.1 Å². The first-order chi connectivity index (χ1) is 12.0. The van der Waals surface area contributed by atoms with E-state index in [0.29, 0.717) is 28.7 Å². The minimum atomic E-state index is -0.565. The van der Waals surface area contributed by atoms with Gasteiger partial charge in [0.15, 0.2) is 5.82 Å². The quantitative estimate of drug-likeness (QED) is 0.901. The van der Waals surface area contributed by atoms with E-state index in [9.17, 15) is 18.4 Å². The van der Waals surface area contributed by atoms with Crippen molar-refractivity contribution in [2.24, 2.45) is 7.05 Å². The van der Waals surface area contributed by atoms with E-state index >= 15 is 0 Å². The lowest BCUT2D eigenvalue weighted by molar-refractivity contribution is -0.120. The zero-order chi connectivity index (χ0) is 18.1. The van der Waals surface area contributed by atoms with Crippen molar-refractivity contribution in [2.45, 2.75) is 32.1 Å². The maximum absolute atomic E-state index is 14.7. The Labute approximate surface area is 143 Å². The van der Waals surface area contributed by atoms with Gasteiger partial charge in [0.2, 0.25) is 5.91 Å². The van der Waals surface area contributed by atoms with E-state index in [4.69, 9.17) is 0 Å². The Morgan fingerprint density at radius 2 is 2.12 bits per heavy atom. The number of aryl methyl sites for hydroxylation is 1. The fourth-order valence-electron chi connectivity index (χ4n) is 3.26. The van der Waals surface area contributed by atoms with Crippen molar-refractivity contribution in [2.75, 3.05) is 18.1 Å². The number of halogens is 2. The SMILES string of the molecule is CCC(CCF)c1cc2c(cc1F)c(N1CCC(=O)NC1=O)nn2C. The number of benzene rings is 1. The lowest BCUT2D eigenvalue weighted by atomic mass is 9.92. The number of amides is 3. The summed E-state index contributed by atoms with van der Waals surface area (Å²) in [5.41, 5.74) is 1.12. The highest BCUT2D eigenvalue weighted by Gasteiger charge is 2.29. The highest BCUT2D eigenvalue weighted by molar-refractivity contribution is 6.08. The number of anilines is 1. The van der Waals surface area contributed by atoms with Crippen LogP contribution >= 0.6 is 0 Å². The van der Waals surface area contributed by atoms with Crippen LogP contribution in [0.3, 0.4) is 0 Å². The van der Waals surface area contributed by atoms with E-state index in [1.165, 1.54) is 11.0 Å². The predicted octanol–water partition coefficient (Wildman–Crippen LogP) is 3.01. The minimum Gasteiger partial charge on any atom is -0.278 e. The second kappa shape index (κ2) is 6.78. The topological polar surface area (TPSA) is 67.2 Å². The first-order valence-electron chi connectivity index (χ1n) is 8.29. The molecule has 1 aromatic carbocycles. The lowest BCUT2D eigenvalue weighted by Crippen LogP contribution is -2.49. The van der Waals surface area contributed by atoms with Crippen molar-refractivity contribution in [3.05, 3.63) is 23.5 Å². The summed E-state index contributed by atoms with van der Waals surface area (Å²) in [5.74, 6) is -0.669. The van der Waals surface area contributed by atoms with Gasteiger partial charge in [-0.15, -0.1) is 0 Å². The lowest BCUT2D eigenvalue weighted by Gasteiger charge is -2.24. The highest BCUT2D eigenvalue weighted by Crippen LogP contribution is 2.33. The molecule has 1 aliphatic rings. The summed E-state index contributed by atoms with van der Waals surface area (Å²) in [6.45, 7) is 1.59. The molecule has 2 heterocycles. The van der Waals surface area contributed by atoms with Crippen LogP contribution in [0.1, 0.15) is 37.7 Å². The number of nitrogens with zero attached hydrogens (tertiary/aromatic N) is 3. The van der Waals surface area contributed by atoms with Crippen LogP contribution in [0.5, 0.6) is 0 Å².